The van der Waals surface area contributed by atoms with E-state index in [-0.39, 0.29) is 19.4 Å². The number of hydrogen-bond donors (Lipinski definition) is 3. The summed E-state index contributed by atoms with van der Waals surface area (Å²) in [6.07, 6.45) is 25.1. The molecule has 0 aromatic heterocycles. The first-order valence-corrected chi connectivity index (χ1v) is 16.6. The summed E-state index contributed by atoms with van der Waals surface area (Å²) in [5.41, 5.74) is 0. The molecule has 0 radical (unpaired) electrons. The van der Waals surface area contributed by atoms with E-state index in [0.717, 1.165) is 57.8 Å². The molecule has 0 aromatic rings. The van der Waals surface area contributed by atoms with E-state index in [1.165, 1.54) is 0 Å². The van der Waals surface area contributed by atoms with Gasteiger partial charge in [-0.1, -0.05) is 81.7 Å². The van der Waals surface area contributed by atoms with E-state index < -0.39 is 51.8 Å². The van der Waals surface area contributed by atoms with Crippen molar-refractivity contribution in [1.29, 1.82) is 0 Å². The second kappa shape index (κ2) is 27.7. The van der Waals surface area contributed by atoms with Crippen LogP contribution in [-0.4, -0.2) is 65.7 Å². The summed E-state index contributed by atoms with van der Waals surface area (Å²) in [5, 5.41) is 18.1. The highest BCUT2D eigenvalue weighted by Crippen LogP contribution is 2.43. The fourth-order valence-electron chi connectivity index (χ4n) is 3.37. The van der Waals surface area contributed by atoms with Crippen molar-refractivity contribution in [1.82, 2.24) is 0 Å². The van der Waals surface area contributed by atoms with Gasteiger partial charge in [0.1, 0.15) is 12.7 Å². The molecule has 0 aliphatic carbocycles. The van der Waals surface area contributed by atoms with Gasteiger partial charge >= 0.3 is 19.8 Å². The number of esters is 2. The van der Waals surface area contributed by atoms with E-state index in [0.29, 0.717) is 12.8 Å². The largest absolute Gasteiger partial charge is 0.472 e. The number of allylic oxidation sites excluding steroid dienone is 8. The lowest BCUT2D eigenvalue weighted by molar-refractivity contribution is -0.161. The molecule has 0 aromatic carbocycles. The Morgan fingerprint density at radius 1 is 0.738 bits per heavy atom. The molecule has 10 nitrogen and oxygen atoms in total. The minimum absolute atomic E-state index is 0.153. The Kier molecular flexibility index (Phi) is 26.4. The molecule has 0 fully saturated rings. The summed E-state index contributed by atoms with van der Waals surface area (Å²) in [6, 6.07) is 0. The van der Waals surface area contributed by atoms with Gasteiger partial charge in [0.25, 0.3) is 0 Å². The molecular weight excluding hydrogens is 563 g/mol. The van der Waals surface area contributed by atoms with E-state index in [9.17, 15) is 24.2 Å². The highest BCUT2D eigenvalue weighted by Gasteiger charge is 2.27. The fourth-order valence-corrected chi connectivity index (χ4v) is 4.16. The van der Waals surface area contributed by atoms with Crippen LogP contribution in [0.5, 0.6) is 0 Å². The summed E-state index contributed by atoms with van der Waals surface area (Å²) in [6.45, 7) is 1.90. The van der Waals surface area contributed by atoms with Gasteiger partial charge in [0.05, 0.1) is 19.8 Å². The molecule has 0 saturated heterocycles. The number of aliphatic hydroxyl groups excluding tert-OH is 2. The number of phosphoric ester groups is 1. The molecule has 0 aliphatic rings. The maximum absolute atomic E-state index is 12.3. The Bertz CT molecular complexity index is 853. The molecule has 42 heavy (non-hydrogen) atoms. The van der Waals surface area contributed by atoms with Gasteiger partial charge in [-0.3, -0.25) is 18.6 Å². The van der Waals surface area contributed by atoms with E-state index in [4.69, 9.17) is 19.1 Å². The first-order chi connectivity index (χ1) is 20.2. The van der Waals surface area contributed by atoms with Crippen molar-refractivity contribution in [2.75, 3.05) is 26.4 Å². The zero-order valence-electron chi connectivity index (χ0n) is 25.4. The molecule has 0 saturated carbocycles. The predicted molar refractivity (Wildman–Crippen MR) is 164 cm³/mol. The van der Waals surface area contributed by atoms with Crippen molar-refractivity contribution in [2.45, 2.75) is 110 Å². The summed E-state index contributed by atoms with van der Waals surface area (Å²) in [5.74, 6) is -1.00. The lowest BCUT2D eigenvalue weighted by Crippen LogP contribution is -2.29. The lowest BCUT2D eigenvalue weighted by atomic mass is 10.1. The van der Waals surface area contributed by atoms with Crippen LogP contribution >= 0.6 is 7.82 Å². The van der Waals surface area contributed by atoms with Crippen LogP contribution in [0.4, 0.5) is 0 Å². The molecule has 0 heterocycles. The summed E-state index contributed by atoms with van der Waals surface area (Å²) < 4.78 is 31.9. The SMILES string of the molecule is CC/C=C\C/C=C\C/C=C\C/C=C\CCCCCCC(=O)OC(COC(=O)CCCC)COP(=O)(O)OCC(O)CO. The van der Waals surface area contributed by atoms with Crippen molar-refractivity contribution in [3.05, 3.63) is 48.6 Å². The number of unbranched alkanes of at least 4 members (excludes halogenated alkanes) is 5. The average molecular weight is 617 g/mol. The average Bonchev–Trinajstić information content (AvgIpc) is 2.97. The lowest BCUT2D eigenvalue weighted by Gasteiger charge is -2.20. The zero-order valence-corrected chi connectivity index (χ0v) is 26.3. The van der Waals surface area contributed by atoms with Crippen LogP contribution in [0.15, 0.2) is 48.6 Å². The second-order valence-corrected chi connectivity index (χ2v) is 11.2. The molecular formula is C31H53O10P. The first kappa shape index (κ1) is 39.9. The van der Waals surface area contributed by atoms with Gasteiger partial charge in [0.2, 0.25) is 0 Å². The number of hydrogen-bond acceptors (Lipinski definition) is 9. The van der Waals surface area contributed by atoms with E-state index >= 15 is 0 Å². The first-order valence-electron chi connectivity index (χ1n) is 15.1. The second-order valence-electron chi connectivity index (χ2n) is 9.75. The molecule has 3 unspecified atom stereocenters. The normalized spacial score (nSPS) is 15.1. The number of rotatable bonds is 27. The third kappa shape index (κ3) is 26.8. The molecule has 0 aliphatic heterocycles. The van der Waals surface area contributed by atoms with Gasteiger partial charge in [0, 0.05) is 12.8 Å². The van der Waals surface area contributed by atoms with Crippen LogP contribution < -0.4 is 0 Å². The maximum atomic E-state index is 12.3. The van der Waals surface area contributed by atoms with Crippen molar-refractivity contribution in [3.8, 4) is 0 Å². The topological polar surface area (TPSA) is 149 Å². The molecule has 3 atom stereocenters. The van der Waals surface area contributed by atoms with Crippen molar-refractivity contribution >= 4 is 19.8 Å². The molecule has 0 spiro atoms. The molecule has 3 N–H and O–H groups in total. The van der Waals surface area contributed by atoms with Gasteiger partial charge < -0.3 is 24.6 Å². The molecule has 0 rings (SSSR count). The zero-order chi connectivity index (χ0) is 31.3. The number of carbonyl (C=O) groups is 2. The van der Waals surface area contributed by atoms with Gasteiger partial charge in [0.15, 0.2) is 6.10 Å². The van der Waals surface area contributed by atoms with Crippen molar-refractivity contribution < 1.29 is 47.8 Å². The highest BCUT2D eigenvalue weighted by molar-refractivity contribution is 7.47. The standard InChI is InChI=1S/C31H53O10P/c1-3-5-7-8-9-10-11-12-13-14-15-16-17-18-19-20-21-23-31(35)41-29(26-38-30(34)22-6-4-2)27-40-42(36,37)39-25-28(33)24-32/h5,7,9-10,12-13,15-16,28-29,32-33H,3-4,6,8,11,14,17-27H2,1-2H3,(H,36,37)/b7-5-,10-9-,13-12-,16-15-. The van der Waals surface area contributed by atoms with Crippen molar-refractivity contribution in [2.24, 2.45) is 0 Å². The van der Waals surface area contributed by atoms with Crippen LogP contribution in [0.25, 0.3) is 0 Å². The number of phosphoric acid groups is 1. The highest BCUT2D eigenvalue weighted by atomic mass is 31.2. The number of aliphatic hydroxyl groups is 2. The van der Waals surface area contributed by atoms with Crippen LogP contribution in [0.2, 0.25) is 0 Å². The summed E-state index contributed by atoms with van der Waals surface area (Å²) >= 11 is 0. The summed E-state index contributed by atoms with van der Waals surface area (Å²) in [4.78, 5) is 34.0. The quantitative estimate of drug-likeness (QED) is 0.0418. The van der Waals surface area contributed by atoms with E-state index in [2.05, 4.69) is 60.1 Å². The minimum Gasteiger partial charge on any atom is -0.462 e. The molecule has 11 heteroatoms. The van der Waals surface area contributed by atoms with Gasteiger partial charge in [-0.05, 0) is 51.4 Å². The van der Waals surface area contributed by atoms with E-state index in [1.807, 2.05) is 6.92 Å². The van der Waals surface area contributed by atoms with Crippen LogP contribution in [0.1, 0.15) is 97.3 Å². The van der Waals surface area contributed by atoms with Gasteiger partial charge in [-0.25, -0.2) is 4.57 Å². The third-order valence-electron chi connectivity index (χ3n) is 5.75. The fraction of sp³-hybridized carbons (Fsp3) is 0.677. The monoisotopic (exact) mass is 616 g/mol. The minimum atomic E-state index is -4.59. The Hall–Kier alpha value is -2.07. The third-order valence-corrected chi connectivity index (χ3v) is 6.70. The predicted octanol–water partition coefficient (Wildman–Crippen LogP) is 6.26. The Morgan fingerprint density at radius 3 is 1.93 bits per heavy atom. The number of ether oxygens (including phenoxy) is 2. The van der Waals surface area contributed by atoms with E-state index in [1.54, 1.807) is 0 Å². The molecule has 242 valence electrons. The van der Waals surface area contributed by atoms with Gasteiger partial charge in [-0.2, -0.15) is 0 Å². The summed E-state index contributed by atoms with van der Waals surface area (Å²) in [7, 11) is -4.59. The molecule has 0 amide bonds. The number of carbonyl (C=O) groups excluding carboxylic acids is 2. The van der Waals surface area contributed by atoms with Crippen LogP contribution in [-0.2, 0) is 32.7 Å². The Labute approximate surface area is 252 Å². The maximum Gasteiger partial charge on any atom is 0.472 e. The Morgan fingerprint density at radius 2 is 1.31 bits per heavy atom. The Balaban J connectivity index is 4.29. The van der Waals surface area contributed by atoms with Crippen LogP contribution in [0, 0.1) is 0 Å². The molecule has 0 bridgehead atoms. The van der Waals surface area contributed by atoms with Gasteiger partial charge in [-0.15, -0.1) is 0 Å². The smallest absolute Gasteiger partial charge is 0.462 e. The van der Waals surface area contributed by atoms with Crippen LogP contribution in [0.3, 0.4) is 0 Å². The van der Waals surface area contributed by atoms with Crippen molar-refractivity contribution in [3.63, 3.8) is 0 Å².